The van der Waals surface area contributed by atoms with Crippen LogP contribution in [0.3, 0.4) is 0 Å². The summed E-state index contributed by atoms with van der Waals surface area (Å²) in [4.78, 5) is 23.9. The Balaban J connectivity index is 1.67. The number of carbonyl (C=O) groups excluding carboxylic acids is 2. The Labute approximate surface area is 153 Å². The zero-order valence-corrected chi connectivity index (χ0v) is 14.7. The molecule has 2 amide bonds. The number of rotatable bonds is 6. The molecule has 3 aromatic carbocycles. The summed E-state index contributed by atoms with van der Waals surface area (Å²) in [5, 5.41) is 8.12. The molecule has 0 radical (unpaired) electrons. The highest BCUT2D eigenvalue weighted by molar-refractivity contribution is 5.86. The maximum atomic E-state index is 12.5. The summed E-state index contributed by atoms with van der Waals surface area (Å²) in [6.07, 6.45) is 0.203. The quantitative estimate of drug-likeness (QED) is 0.715. The number of hydrogen-bond acceptors (Lipinski definition) is 2. The van der Waals surface area contributed by atoms with Crippen molar-refractivity contribution in [1.82, 2.24) is 10.6 Å². The molecule has 1 unspecified atom stereocenters. The summed E-state index contributed by atoms with van der Waals surface area (Å²) >= 11 is 0. The van der Waals surface area contributed by atoms with Gasteiger partial charge in [-0.3, -0.25) is 9.59 Å². The molecular formula is C22H22N2O2. The molecule has 1 atom stereocenters. The minimum atomic E-state index is -0.332. The predicted molar refractivity (Wildman–Crippen MR) is 103 cm³/mol. The zero-order chi connectivity index (χ0) is 18.4. The van der Waals surface area contributed by atoms with Crippen molar-refractivity contribution in [2.24, 2.45) is 0 Å². The van der Waals surface area contributed by atoms with Crippen molar-refractivity contribution in [2.45, 2.75) is 25.9 Å². The predicted octanol–water partition coefficient (Wildman–Crippen LogP) is 3.72. The van der Waals surface area contributed by atoms with Crippen molar-refractivity contribution in [3.05, 3.63) is 83.9 Å². The van der Waals surface area contributed by atoms with Gasteiger partial charge in [0.05, 0.1) is 12.5 Å². The van der Waals surface area contributed by atoms with E-state index in [-0.39, 0.29) is 24.3 Å². The van der Waals surface area contributed by atoms with Crippen LogP contribution in [-0.4, -0.2) is 11.8 Å². The monoisotopic (exact) mass is 346 g/mol. The molecular weight excluding hydrogens is 324 g/mol. The molecule has 0 saturated carbocycles. The van der Waals surface area contributed by atoms with Gasteiger partial charge in [0, 0.05) is 13.5 Å². The lowest BCUT2D eigenvalue weighted by molar-refractivity contribution is -0.122. The molecule has 3 aromatic rings. The summed E-state index contributed by atoms with van der Waals surface area (Å²) in [7, 11) is 0. The molecule has 0 saturated heterocycles. The second-order valence-electron chi connectivity index (χ2n) is 6.28. The molecule has 132 valence electrons. The van der Waals surface area contributed by atoms with Gasteiger partial charge in [-0.15, -0.1) is 0 Å². The fraction of sp³-hybridized carbons (Fsp3) is 0.182. The summed E-state index contributed by atoms with van der Waals surface area (Å²) in [6.45, 7) is 1.92. The second-order valence-corrected chi connectivity index (χ2v) is 6.28. The van der Waals surface area contributed by atoms with Crippen LogP contribution in [0.5, 0.6) is 0 Å². The van der Waals surface area contributed by atoms with E-state index < -0.39 is 0 Å². The molecule has 26 heavy (non-hydrogen) atoms. The Morgan fingerprint density at radius 2 is 1.58 bits per heavy atom. The third-order valence-electron chi connectivity index (χ3n) is 4.32. The first-order valence-corrected chi connectivity index (χ1v) is 8.69. The maximum absolute atomic E-state index is 12.5. The Morgan fingerprint density at radius 1 is 0.885 bits per heavy atom. The molecule has 0 spiro atoms. The summed E-state index contributed by atoms with van der Waals surface area (Å²) in [5.74, 6) is -0.249. The Morgan fingerprint density at radius 3 is 2.35 bits per heavy atom. The SMILES string of the molecule is CC(=O)NC(CC(=O)NCc1cccc2ccccc12)c1ccccc1. The van der Waals surface area contributed by atoms with Crippen molar-refractivity contribution >= 4 is 22.6 Å². The number of carbonyl (C=O) groups is 2. The van der Waals surface area contributed by atoms with Gasteiger partial charge in [0.15, 0.2) is 0 Å². The van der Waals surface area contributed by atoms with Crippen LogP contribution in [0.15, 0.2) is 72.8 Å². The van der Waals surface area contributed by atoms with Crippen LogP contribution in [0.4, 0.5) is 0 Å². The summed E-state index contributed by atoms with van der Waals surface area (Å²) in [5.41, 5.74) is 2.00. The van der Waals surface area contributed by atoms with E-state index in [1.165, 1.54) is 6.92 Å². The van der Waals surface area contributed by atoms with E-state index in [4.69, 9.17) is 0 Å². The zero-order valence-electron chi connectivity index (χ0n) is 14.7. The molecule has 3 rings (SSSR count). The van der Waals surface area contributed by atoms with E-state index in [1.807, 2.05) is 54.6 Å². The maximum Gasteiger partial charge on any atom is 0.222 e. The van der Waals surface area contributed by atoms with E-state index in [1.54, 1.807) is 0 Å². The van der Waals surface area contributed by atoms with Crippen molar-refractivity contribution < 1.29 is 9.59 Å². The summed E-state index contributed by atoms with van der Waals surface area (Å²) in [6, 6.07) is 23.4. The first kappa shape index (κ1) is 17.7. The third kappa shape index (κ3) is 4.48. The smallest absolute Gasteiger partial charge is 0.222 e. The van der Waals surface area contributed by atoms with Gasteiger partial charge in [-0.1, -0.05) is 72.8 Å². The number of amides is 2. The number of hydrogen-bond donors (Lipinski definition) is 2. The molecule has 0 aliphatic heterocycles. The van der Waals surface area contributed by atoms with E-state index in [2.05, 4.69) is 28.8 Å². The highest BCUT2D eigenvalue weighted by atomic mass is 16.2. The Bertz CT molecular complexity index is 901. The molecule has 0 aromatic heterocycles. The van der Waals surface area contributed by atoms with Gasteiger partial charge in [0.25, 0.3) is 0 Å². The summed E-state index contributed by atoms with van der Waals surface area (Å²) < 4.78 is 0. The van der Waals surface area contributed by atoms with Crippen molar-refractivity contribution in [3.63, 3.8) is 0 Å². The Hall–Kier alpha value is -3.14. The van der Waals surface area contributed by atoms with E-state index >= 15 is 0 Å². The van der Waals surface area contributed by atoms with Crippen molar-refractivity contribution in [2.75, 3.05) is 0 Å². The minimum absolute atomic E-state index is 0.0967. The van der Waals surface area contributed by atoms with Crippen molar-refractivity contribution in [3.8, 4) is 0 Å². The lowest BCUT2D eigenvalue weighted by Crippen LogP contribution is -2.32. The van der Waals surface area contributed by atoms with Crippen molar-refractivity contribution in [1.29, 1.82) is 0 Å². The largest absolute Gasteiger partial charge is 0.352 e. The molecule has 0 aliphatic carbocycles. The van der Waals surface area contributed by atoms with Gasteiger partial charge >= 0.3 is 0 Å². The second kappa shape index (κ2) is 8.30. The van der Waals surface area contributed by atoms with Gasteiger partial charge in [-0.05, 0) is 21.9 Å². The van der Waals surface area contributed by atoms with E-state index in [9.17, 15) is 9.59 Å². The van der Waals surface area contributed by atoms with Gasteiger partial charge in [0.1, 0.15) is 0 Å². The van der Waals surface area contributed by atoms with Crippen LogP contribution in [0.1, 0.15) is 30.5 Å². The fourth-order valence-corrected chi connectivity index (χ4v) is 3.08. The molecule has 0 fully saturated rings. The molecule has 4 heteroatoms. The highest BCUT2D eigenvalue weighted by Crippen LogP contribution is 2.19. The lowest BCUT2D eigenvalue weighted by Gasteiger charge is -2.18. The van der Waals surface area contributed by atoms with Gasteiger partial charge in [0.2, 0.25) is 11.8 Å². The number of fused-ring (bicyclic) bond motifs is 1. The van der Waals surface area contributed by atoms with Crippen LogP contribution in [0.2, 0.25) is 0 Å². The molecule has 0 aliphatic rings. The van der Waals surface area contributed by atoms with E-state index in [0.29, 0.717) is 6.54 Å². The third-order valence-corrected chi connectivity index (χ3v) is 4.32. The van der Waals surface area contributed by atoms with Crippen LogP contribution >= 0.6 is 0 Å². The first-order chi connectivity index (χ1) is 12.6. The minimum Gasteiger partial charge on any atom is -0.352 e. The number of nitrogens with one attached hydrogen (secondary N) is 2. The van der Waals surface area contributed by atoms with Crippen LogP contribution in [0, 0.1) is 0 Å². The first-order valence-electron chi connectivity index (χ1n) is 8.69. The van der Waals surface area contributed by atoms with Gasteiger partial charge in [-0.25, -0.2) is 0 Å². The Kier molecular flexibility index (Phi) is 5.64. The molecule has 0 heterocycles. The van der Waals surface area contributed by atoms with Crippen LogP contribution in [0.25, 0.3) is 10.8 Å². The lowest BCUT2D eigenvalue weighted by atomic mass is 10.0. The molecule has 0 bridgehead atoms. The average Bonchev–Trinajstić information content (AvgIpc) is 2.66. The van der Waals surface area contributed by atoms with Gasteiger partial charge in [-0.2, -0.15) is 0 Å². The standard InChI is InChI=1S/C22H22N2O2/c1-16(25)24-21(18-9-3-2-4-10-18)14-22(26)23-15-19-12-7-11-17-8-5-6-13-20(17)19/h2-13,21H,14-15H2,1H3,(H,23,26)(H,24,25). The highest BCUT2D eigenvalue weighted by Gasteiger charge is 2.16. The topological polar surface area (TPSA) is 58.2 Å². The van der Waals surface area contributed by atoms with Crippen LogP contribution < -0.4 is 10.6 Å². The molecule has 4 nitrogen and oxygen atoms in total. The van der Waals surface area contributed by atoms with Crippen LogP contribution in [-0.2, 0) is 16.1 Å². The van der Waals surface area contributed by atoms with Gasteiger partial charge < -0.3 is 10.6 Å². The fourth-order valence-electron chi connectivity index (χ4n) is 3.08. The average molecular weight is 346 g/mol. The molecule has 2 N–H and O–H groups in total. The van der Waals surface area contributed by atoms with E-state index in [0.717, 1.165) is 21.9 Å². The normalized spacial score (nSPS) is 11.7. The number of benzene rings is 3.